The van der Waals surface area contributed by atoms with Gasteiger partial charge in [-0.25, -0.2) is 39.9 Å². The Morgan fingerprint density at radius 2 is 1.42 bits per heavy atom. The highest BCUT2D eigenvalue weighted by Crippen LogP contribution is 2.29. The minimum absolute atomic E-state index is 0.0119. The zero-order valence-electron chi connectivity index (χ0n) is 25.2. The number of benzene rings is 2. The van der Waals surface area contributed by atoms with E-state index < -0.39 is 25.6 Å². The molecule has 0 unspecified atom stereocenters. The van der Waals surface area contributed by atoms with Crippen LogP contribution < -0.4 is 5.32 Å². The number of sulfone groups is 1. The number of sulfonamides is 1. The fraction of sp³-hybridized carbons (Fsp3) is 0.469. The van der Waals surface area contributed by atoms with E-state index in [0.29, 0.717) is 63.0 Å². The van der Waals surface area contributed by atoms with E-state index in [9.17, 15) is 30.4 Å². The van der Waals surface area contributed by atoms with Crippen molar-refractivity contribution >= 4 is 25.6 Å². The van der Waals surface area contributed by atoms with Crippen LogP contribution in [0.15, 0.2) is 67.0 Å². The Labute approximate surface area is 264 Å². The second-order valence-corrected chi connectivity index (χ2v) is 15.7. The van der Waals surface area contributed by atoms with Gasteiger partial charge in [0.1, 0.15) is 29.0 Å². The van der Waals surface area contributed by atoms with Gasteiger partial charge in [-0.05, 0) is 92.6 Å². The van der Waals surface area contributed by atoms with Crippen LogP contribution in [0.25, 0.3) is 0 Å². The molecule has 2 saturated heterocycles. The number of nitrogens with one attached hydrogen (secondary N) is 1. The summed E-state index contributed by atoms with van der Waals surface area (Å²) in [7, 11) is -6.71. The lowest BCUT2D eigenvalue weighted by atomic mass is 9.90. The fourth-order valence-electron chi connectivity index (χ4n) is 5.56. The van der Waals surface area contributed by atoms with E-state index in [2.05, 4.69) is 15.3 Å². The number of ketones is 1. The Bertz CT molecular complexity index is 1580. The first kappa shape index (κ1) is 34.7. The van der Waals surface area contributed by atoms with Crippen LogP contribution in [-0.2, 0) is 36.8 Å². The number of rotatable bonds is 11. The van der Waals surface area contributed by atoms with Crippen molar-refractivity contribution in [2.75, 3.05) is 31.9 Å². The number of Topliss-reactive ketones (excluding diaryl/α,β-unsaturated/α-hetero) is 1. The number of aryl methyl sites for hydroxylation is 1. The van der Waals surface area contributed by atoms with E-state index in [-0.39, 0.29) is 40.8 Å². The Morgan fingerprint density at radius 1 is 0.844 bits per heavy atom. The predicted molar refractivity (Wildman–Crippen MR) is 169 cm³/mol. The monoisotopic (exact) mass is 662 g/mol. The highest BCUT2D eigenvalue weighted by Gasteiger charge is 2.30. The van der Waals surface area contributed by atoms with Crippen LogP contribution in [-0.4, -0.2) is 74.1 Å². The van der Waals surface area contributed by atoms with Gasteiger partial charge < -0.3 is 5.32 Å². The van der Waals surface area contributed by atoms with Crippen LogP contribution in [0.2, 0.25) is 0 Å². The van der Waals surface area contributed by atoms with E-state index in [1.165, 1.54) is 40.7 Å². The zero-order chi connectivity index (χ0) is 32.3. The Morgan fingerprint density at radius 3 is 2.02 bits per heavy atom. The third kappa shape index (κ3) is 11.0. The number of carbonyl (C=O) groups excluding carboxylic acids is 1. The number of carbonyl (C=O) groups is 1. The van der Waals surface area contributed by atoms with Gasteiger partial charge in [0.15, 0.2) is 9.84 Å². The fourth-order valence-corrected chi connectivity index (χ4v) is 8.90. The lowest BCUT2D eigenvalue weighted by Gasteiger charge is -2.31. The molecule has 0 spiro atoms. The smallest absolute Gasteiger partial charge is 0.221 e. The van der Waals surface area contributed by atoms with Crippen molar-refractivity contribution in [2.45, 2.75) is 61.9 Å². The summed E-state index contributed by atoms with van der Waals surface area (Å²) >= 11 is 0. The SMILES string of the molecule is O=C(CCCc1ncccn1)CS(=O)(=O)N1CCC(c2ccc(F)cc2)CC1.O=S(=O)(Cc1ccc(F)cc1)C1CCNCC1. The predicted octanol–water partition coefficient (Wildman–Crippen LogP) is 4.21. The van der Waals surface area contributed by atoms with Crippen molar-refractivity contribution < 1.29 is 30.4 Å². The Kier molecular flexibility index (Phi) is 12.7. The maximum atomic E-state index is 13.1. The normalized spacial score (nSPS) is 16.9. The average molecular weight is 663 g/mol. The van der Waals surface area contributed by atoms with Gasteiger partial charge in [0, 0.05) is 38.3 Å². The van der Waals surface area contributed by atoms with Gasteiger partial charge in [-0.15, -0.1) is 0 Å². The van der Waals surface area contributed by atoms with Crippen LogP contribution in [0, 0.1) is 11.6 Å². The summed E-state index contributed by atoms with van der Waals surface area (Å²) in [5.74, 6) is -0.470. The molecule has 0 bridgehead atoms. The van der Waals surface area contributed by atoms with Gasteiger partial charge in [0.2, 0.25) is 10.0 Å². The maximum absolute atomic E-state index is 13.1. The van der Waals surface area contributed by atoms with E-state index in [1.54, 1.807) is 30.6 Å². The van der Waals surface area contributed by atoms with E-state index in [1.807, 2.05) is 0 Å². The second-order valence-electron chi connectivity index (χ2n) is 11.4. The van der Waals surface area contributed by atoms with Crippen LogP contribution in [0.1, 0.15) is 61.4 Å². The lowest BCUT2D eigenvalue weighted by Crippen LogP contribution is -2.40. The molecule has 13 heteroatoms. The molecule has 0 radical (unpaired) electrons. The summed E-state index contributed by atoms with van der Waals surface area (Å²) in [5.41, 5.74) is 1.68. The summed E-state index contributed by atoms with van der Waals surface area (Å²) in [5, 5.41) is 2.89. The third-order valence-corrected chi connectivity index (χ3v) is 12.1. The van der Waals surface area contributed by atoms with Gasteiger partial charge >= 0.3 is 0 Å². The minimum Gasteiger partial charge on any atom is -0.317 e. The number of hydrogen-bond donors (Lipinski definition) is 1. The quantitative estimate of drug-likeness (QED) is 0.324. The molecular weight excluding hydrogens is 623 g/mol. The highest BCUT2D eigenvalue weighted by atomic mass is 32.2. The van der Waals surface area contributed by atoms with Gasteiger partial charge in [-0.1, -0.05) is 24.3 Å². The van der Waals surface area contributed by atoms with Crippen LogP contribution in [0.3, 0.4) is 0 Å². The Hall–Kier alpha value is -3.13. The van der Waals surface area contributed by atoms with Crippen molar-refractivity contribution in [3.05, 3.63) is 95.6 Å². The molecule has 244 valence electrons. The highest BCUT2D eigenvalue weighted by molar-refractivity contribution is 7.91. The average Bonchev–Trinajstić information content (AvgIpc) is 3.03. The largest absolute Gasteiger partial charge is 0.317 e. The Balaban J connectivity index is 0.000000231. The second kappa shape index (κ2) is 16.4. The summed E-state index contributed by atoms with van der Waals surface area (Å²) in [6.45, 7) is 2.28. The van der Waals surface area contributed by atoms with Crippen LogP contribution in [0.4, 0.5) is 8.78 Å². The molecule has 2 aliphatic rings. The molecule has 2 aliphatic heterocycles. The number of piperidine rings is 2. The van der Waals surface area contributed by atoms with Crippen molar-refractivity contribution in [2.24, 2.45) is 0 Å². The third-order valence-electron chi connectivity index (χ3n) is 8.08. The molecule has 0 amide bonds. The van der Waals surface area contributed by atoms with E-state index in [0.717, 1.165) is 18.7 Å². The molecule has 3 heterocycles. The molecule has 0 saturated carbocycles. The van der Waals surface area contributed by atoms with Crippen LogP contribution in [0.5, 0.6) is 0 Å². The summed E-state index contributed by atoms with van der Waals surface area (Å²) < 4.78 is 76.5. The van der Waals surface area contributed by atoms with Crippen molar-refractivity contribution in [3.63, 3.8) is 0 Å². The van der Waals surface area contributed by atoms with Crippen molar-refractivity contribution in [1.82, 2.24) is 19.6 Å². The molecule has 0 aliphatic carbocycles. The molecule has 5 rings (SSSR count). The van der Waals surface area contributed by atoms with Gasteiger partial charge in [0.25, 0.3) is 0 Å². The number of aromatic nitrogens is 2. The number of halogens is 2. The topological polar surface area (TPSA) is 126 Å². The molecule has 2 fully saturated rings. The first-order chi connectivity index (χ1) is 21.5. The van der Waals surface area contributed by atoms with Gasteiger partial charge in [0.05, 0.1) is 11.0 Å². The summed E-state index contributed by atoms with van der Waals surface area (Å²) in [4.78, 5) is 20.3. The first-order valence-corrected chi connectivity index (χ1v) is 18.5. The molecule has 0 atom stereocenters. The molecule has 3 aromatic rings. The van der Waals surface area contributed by atoms with Crippen molar-refractivity contribution in [1.29, 1.82) is 0 Å². The molecule has 1 aromatic heterocycles. The van der Waals surface area contributed by atoms with Crippen LogP contribution >= 0.6 is 0 Å². The molecule has 9 nitrogen and oxygen atoms in total. The van der Waals surface area contributed by atoms with Gasteiger partial charge in [-0.2, -0.15) is 0 Å². The zero-order valence-corrected chi connectivity index (χ0v) is 26.8. The minimum atomic E-state index is -3.60. The summed E-state index contributed by atoms with van der Waals surface area (Å²) in [6, 6.07) is 13.8. The molecule has 45 heavy (non-hydrogen) atoms. The molecule has 2 aromatic carbocycles. The number of nitrogens with zero attached hydrogens (tertiary/aromatic N) is 3. The first-order valence-electron chi connectivity index (χ1n) is 15.2. The van der Waals surface area contributed by atoms with Crippen molar-refractivity contribution in [3.8, 4) is 0 Å². The number of hydrogen-bond acceptors (Lipinski definition) is 8. The van der Waals surface area contributed by atoms with E-state index >= 15 is 0 Å². The maximum Gasteiger partial charge on any atom is 0.221 e. The molecular formula is C32H40F2N4O5S2. The van der Waals surface area contributed by atoms with Gasteiger partial charge in [-0.3, -0.25) is 4.79 Å². The lowest BCUT2D eigenvalue weighted by molar-refractivity contribution is -0.116. The van der Waals surface area contributed by atoms with E-state index in [4.69, 9.17) is 0 Å². The standard InChI is InChI=1S/C20H24FN3O3S.C12H16FNO2S/c21-18-7-5-16(6-8-18)17-9-13-24(14-10-17)28(26,27)15-19(25)3-1-4-20-22-11-2-12-23-20;13-11-3-1-10(2-4-11)9-17(15,16)12-5-7-14-8-6-12/h2,5-8,11-12,17H,1,3-4,9-10,13-15H2;1-4,12,14H,5-9H2. The summed E-state index contributed by atoms with van der Waals surface area (Å²) in [6.07, 6.45) is 7.25. The molecule has 1 N–H and O–H groups in total.